The van der Waals surface area contributed by atoms with Gasteiger partial charge in [0.2, 0.25) is 5.95 Å². The monoisotopic (exact) mass is 420 g/mol. The van der Waals surface area contributed by atoms with Crippen molar-refractivity contribution in [2.24, 2.45) is 0 Å². The predicted octanol–water partition coefficient (Wildman–Crippen LogP) is 4.21. The number of hydrogen-bond acceptors (Lipinski definition) is 6. The molecule has 0 aliphatic carbocycles. The summed E-state index contributed by atoms with van der Waals surface area (Å²) in [5.41, 5.74) is 4.35. The van der Waals surface area contributed by atoms with E-state index in [1.165, 1.54) is 11.1 Å². The van der Waals surface area contributed by atoms with Gasteiger partial charge in [0.05, 0.1) is 30.7 Å². The fourth-order valence-electron chi connectivity index (χ4n) is 3.82. The third-order valence-electron chi connectivity index (χ3n) is 5.37. The number of methoxy groups -OCH3 is 1. The van der Waals surface area contributed by atoms with Gasteiger partial charge in [-0.3, -0.25) is 0 Å². The number of fused-ring (bicyclic) bond motifs is 2. The topological polar surface area (TPSA) is 68.1 Å². The lowest BCUT2D eigenvalue weighted by atomic mass is 9.99. The van der Waals surface area contributed by atoms with Crippen molar-refractivity contribution in [2.45, 2.75) is 13.0 Å². The summed E-state index contributed by atoms with van der Waals surface area (Å²) < 4.78 is 7.34. The Morgan fingerprint density at radius 2 is 2.00 bits per heavy atom. The Bertz CT molecular complexity index is 1240. The van der Waals surface area contributed by atoms with Crippen LogP contribution in [0.5, 0.6) is 5.75 Å². The van der Waals surface area contributed by atoms with E-state index < -0.39 is 0 Å². The fourth-order valence-corrected chi connectivity index (χ4v) is 3.99. The van der Waals surface area contributed by atoms with Gasteiger partial charge in [-0.2, -0.15) is 10.1 Å². The number of ether oxygens (including phenoxy) is 1. The van der Waals surface area contributed by atoms with E-state index in [4.69, 9.17) is 16.3 Å². The van der Waals surface area contributed by atoms with E-state index in [2.05, 4.69) is 44.5 Å². The van der Waals surface area contributed by atoms with Crippen LogP contribution in [0.2, 0.25) is 5.02 Å². The van der Waals surface area contributed by atoms with Crippen molar-refractivity contribution in [2.75, 3.05) is 26.0 Å². The second-order valence-electron chi connectivity index (χ2n) is 7.41. The Kier molecular flexibility index (Phi) is 4.77. The molecule has 0 amide bonds. The molecule has 1 aliphatic heterocycles. The third kappa shape index (κ3) is 3.36. The van der Waals surface area contributed by atoms with Crippen molar-refractivity contribution in [1.82, 2.24) is 24.6 Å². The van der Waals surface area contributed by atoms with Crippen LogP contribution in [0.25, 0.3) is 16.7 Å². The lowest BCUT2D eigenvalue weighted by Gasteiger charge is -2.26. The minimum atomic E-state index is 0.424. The SMILES string of the molecule is COc1cc2c(cc1Nc1ncc(Cl)c(-n3ncc4ccccc43)n1)CN(C)CC2. The van der Waals surface area contributed by atoms with Crippen molar-refractivity contribution < 1.29 is 4.74 Å². The van der Waals surface area contributed by atoms with Gasteiger partial charge in [0.15, 0.2) is 5.82 Å². The van der Waals surface area contributed by atoms with Gasteiger partial charge in [-0.15, -0.1) is 0 Å². The first-order valence-corrected chi connectivity index (χ1v) is 10.1. The van der Waals surface area contributed by atoms with Gasteiger partial charge >= 0.3 is 0 Å². The molecule has 0 atom stereocenters. The Labute approximate surface area is 179 Å². The molecule has 8 heteroatoms. The highest BCUT2D eigenvalue weighted by Crippen LogP contribution is 2.33. The first-order chi connectivity index (χ1) is 14.6. The normalized spacial score (nSPS) is 14.0. The summed E-state index contributed by atoms with van der Waals surface area (Å²) >= 11 is 6.42. The van der Waals surface area contributed by atoms with E-state index in [0.717, 1.165) is 41.9 Å². The van der Waals surface area contributed by atoms with Gasteiger partial charge in [-0.05, 0) is 42.8 Å². The number of nitrogens with one attached hydrogen (secondary N) is 1. The smallest absolute Gasteiger partial charge is 0.229 e. The lowest BCUT2D eigenvalue weighted by molar-refractivity contribution is 0.312. The van der Waals surface area contributed by atoms with Crippen molar-refractivity contribution in [3.8, 4) is 11.6 Å². The molecule has 2 aromatic carbocycles. The van der Waals surface area contributed by atoms with Crippen LogP contribution in [0.15, 0.2) is 48.8 Å². The van der Waals surface area contributed by atoms with Gasteiger partial charge in [0, 0.05) is 18.5 Å². The van der Waals surface area contributed by atoms with Gasteiger partial charge in [-0.25, -0.2) is 9.67 Å². The second kappa shape index (κ2) is 7.59. The summed E-state index contributed by atoms with van der Waals surface area (Å²) in [4.78, 5) is 11.3. The van der Waals surface area contributed by atoms with Crippen molar-refractivity contribution >= 4 is 34.1 Å². The molecular formula is C22H21ClN6O. The van der Waals surface area contributed by atoms with Gasteiger partial charge in [0.1, 0.15) is 10.8 Å². The Morgan fingerprint density at radius 1 is 1.13 bits per heavy atom. The largest absolute Gasteiger partial charge is 0.495 e. The quantitative estimate of drug-likeness (QED) is 0.533. The highest BCUT2D eigenvalue weighted by Gasteiger charge is 2.18. The van der Waals surface area contributed by atoms with Crippen molar-refractivity contribution in [3.63, 3.8) is 0 Å². The molecule has 0 radical (unpaired) electrons. The molecule has 7 nitrogen and oxygen atoms in total. The molecule has 2 aromatic heterocycles. The van der Waals surface area contributed by atoms with Crippen LogP contribution in [-0.2, 0) is 13.0 Å². The second-order valence-corrected chi connectivity index (χ2v) is 7.82. The number of aromatic nitrogens is 4. The summed E-state index contributed by atoms with van der Waals surface area (Å²) in [7, 11) is 3.80. The minimum absolute atomic E-state index is 0.424. The number of anilines is 2. The first kappa shape index (κ1) is 18.8. The molecule has 0 fully saturated rings. The molecule has 3 heterocycles. The number of para-hydroxylation sites is 1. The lowest BCUT2D eigenvalue weighted by Crippen LogP contribution is -2.26. The summed E-state index contributed by atoms with van der Waals surface area (Å²) in [5, 5.41) is 9.20. The van der Waals surface area contributed by atoms with Crippen LogP contribution < -0.4 is 10.1 Å². The molecule has 30 heavy (non-hydrogen) atoms. The molecular weight excluding hydrogens is 400 g/mol. The van der Waals surface area contributed by atoms with E-state index in [1.807, 2.05) is 24.3 Å². The number of nitrogens with zero attached hydrogens (tertiary/aromatic N) is 5. The van der Waals surface area contributed by atoms with E-state index in [0.29, 0.717) is 16.8 Å². The maximum absolute atomic E-state index is 6.42. The number of likely N-dealkylation sites (N-methyl/N-ethyl adjacent to an activating group) is 1. The molecule has 1 aliphatic rings. The van der Waals surface area contributed by atoms with Crippen molar-refractivity contribution in [1.29, 1.82) is 0 Å². The zero-order chi connectivity index (χ0) is 20.7. The zero-order valence-electron chi connectivity index (χ0n) is 16.8. The standard InChI is InChI=1S/C22H21ClN6O/c1-28-8-7-14-10-20(30-2)18(9-16(14)13-28)26-22-24-12-17(23)21(27-22)29-19-6-4-3-5-15(19)11-25-29/h3-6,9-12H,7-8,13H2,1-2H3,(H,24,26,27). The van der Waals surface area contributed by atoms with Crippen LogP contribution in [0, 0.1) is 0 Å². The average Bonchev–Trinajstić information content (AvgIpc) is 3.18. The van der Waals surface area contributed by atoms with Gasteiger partial charge in [-0.1, -0.05) is 29.8 Å². The fraction of sp³-hybridized carbons (Fsp3) is 0.227. The van der Waals surface area contributed by atoms with Crippen molar-refractivity contribution in [3.05, 3.63) is 64.9 Å². The Hall–Kier alpha value is -3.16. The van der Waals surface area contributed by atoms with Crippen LogP contribution in [0.4, 0.5) is 11.6 Å². The van der Waals surface area contributed by atoms with Gasteiger partial charge in [0.25, 0.3) is 0 Å². The molecule has 152 valence electrons. The molecule has 0 saturated heterocycles. The highest BCUT2D eigenvalue weighted by molar-refractivity contribution is 6.32. The number of rotatable bonds is 4. The number of hydrogen-bond donors (Lipinski definition) is 1. The Morgan fingerprint density at radius 3 is 2.87 bits per heavy atom. The molecule has 4 aromatic rings. The van der Waals surface area contributed by atoms with E-state index >= 15 is 0 Å². The number of benzene rings is 2. The van der Waals surface area contributed by atoms with Gasteiger partial charge < -0.3 is 15.0 Å². The predicted molar refractivity (Wildman–Crippen MR) is 118 cm³/mol. The third-order valence-corrected chi connectivity index (χ3v) is 5.64. The summed E-state index contributed by atoms with van der Waals surface area (Å²) in [6, 6.07) is 12.1. The molecule has 0 saturated carbocycles. The van der Waals surface area contributed by atoms with E-state index in [-0.39, 0.29) is 0 Å². The Balaban J connectivity index is 1.53. The van der Waals surface area contributed by atoms with E-state index in [9.17, 15) is 0 Å². The van der Waals surface area contributed by atoms with Crippen LogP contribution >= 0.6 is 11.6 Å². The summed E-state index contributed by atoms with van der Waals surface area (Å²) in [6.45, 7) is 1.95. The highest BCUT2D eigenvalue weighted by atomic mass is 35.5. The summed E-state index contributed by atoms with van der Waals surface area (Å²) in [6.07, 6.45) is 4.39. The molecule has 0 unspecified atom stereocenters. The van der Waals surface area contributed by atoms with E-state index in [1.54, 1.807) is 24.2 Å². The molecule has 1 N–H and O–H groups in total. The molecule has 0 bridgehead atoms. The maximum Gasteiger partial charge on any atom is 0.229 e. The van der Waals surface area contributed by atoms with Crippen LogP contribution in [-0.4, -0.2) is 45.4 Å². The summed E-state index contributed by atoms with van der Waals surface area (Å²) in [5.74, 6) is 1.71. The number of halogens is 1. The molecule has 5 rings (SSSR count). The maximum atomic E-state index is 6.42. The first-order valence-electron chi connectivity index (χ1n) is 9.73. The van der Waals surface area contributed by atoms with Crippen LogP contribution in [0.3, 0.4) is 0 Å². The minimum Gasteiger partial charge on any atom is -0.495 e. The molecule has 0 spiro atoms. The average molecular weight is 421 g/mol. The zero-order valence-corrected chi connectivity index (χ0v) is 17.5. The van der Waals surface area contributed by atoms with Crippen LogP contribution in [0.1, 0.15) is 11.1 Å².